The second kappa shape index (κ2) is 6.76. The summed E-state index contributed by atoms with van der Waals surface area (Å²) >= 11 is 0. The summed E-state index contributed by atoms with van der Waals surface area (Å²) in [6.07, 6.45) is 9.76. The Morgan fingerprint density at radius 2 is 1.85 bits per heavy atom. The van der Waals surface area contributed by atoms with E-state index in [1.54, 1.807) is 6.42 Å². The van der Waals surface area contributed by atoms with Crippen molar-refractivity contribution < 1.29 is 0 Å². The number of rotatable bonds is 8. The third-order valence-corrected chi connectivity index (χ3v) is 5.33. The van der Waals surface area contributed by atoms with Gasteiger partial charge in [0.2, 0.25) is 0 Å². The number of fused-ring (bicyclic) bond motifs is 1. The number of hydrogen-bond donors (Lipinski definition) is 1. The van der Waals surface area contributed by atoms with Gasteiger partial charge in [-0.2, -0.15) is 0 Å². The van der Waals surface area contributed by atoms with Crippen LogP contribution in [0.25, 0.3) is 0 Å². The van der Waals surface area contributed by atoms with Crippen LogP contribution < -0.4 is 5.32 Å². The average Bonchev–Trinajstić information content (AvgIpc) is 3.10. The molecule has 0 bridgehead atoms. The monoisotopic (exact) mass is 271 g/mol. The predicted octanol–water partition coefficient (Wildman–Crippen LogP) is 4.42. The lowest BCUT2D eigenvalue weighted by molar-refractivity contribution is 0.313. The largest absolute Gasteiger partial charge is 0.314 e. The molecular weight excluding hydrogens is 242 g/mol. The van der Waals surface area contributed by atoms with Crippen molar-refractivity contribution in [3.05, 3.63) is 35.9 Å². The molecule has 2 fully saturated rings. The lowest BCUT2D eigenvalue weighted by atomic mass is 9.90. The van der Waals surface area contributed by atoms with Crippen LogP contribution in [-0.4, -0.2) is 12.6 Å². The van der Waals surface area contributed by atoms with E-state index in [4.69, 9.17) is 0 Å². The topological polar surface area (TPSA) is 12.0 Å². The molecule has 0 aliphatic heterocycles. The smallest absolute Gasteiger partial charge is 0.00956 e. The first kappa shape index (κ1) is 14.1. The van der Waals surface area contributed by atoms with Gasteiger partial charge < -0.3 is 5.32 Å². The third-order valence-electron chi connectivity index (χ3n) is 5.33. The van der Waals surface area contributed by atoms with Crippen molar-refractivity contribution in [3.63, 3.8) is 0 Å². The quantitative estimate of drug-likeness (QED) is 0.738. The summed E-state index contributed by atoms with van der Waals surface area (Å²) in [5.74, 6) is 3.20. The summed E-state index contributed by atoms with van der Waals surface area (Å²) in [4.78, 5) is 0. The normalized spacial score (nSPS) is 29.1. The summed E-state index contributed by atoms with van der Waals surface area (Å²) in [5.41, 5.74) is 1.50. The van der Waals surface area contributed by atoms with Gasteiger partial charge in [0.05, 0.1) is 0 Å². The minimum atomic E-state index is 0.784. The molecule has 0 radical (unpaired) electrons. The van der Waals surface area contributed by atoms with Gasteiger partial charge in [-0.05, 0) is 74.8 Å². The highest BCUT2D eigenvalue weighted by atomic mass is 14.9. The maximum absolute atomic E-state index is 3.84. The molecule has 20 heavy (non-hydrogen) atoms. The van der Waals surface area contributed by atoms with E-state index in [9.17, 15) is 0 Å². The van der Waals surface area contributed by atoms with Gasteiger partial charge in [0, 0.05) is 6.04 Å². The molecule has 2 aliphatic carbocycles. The Morgan fingerprint density at radius 3 is 2.55 bits per heavy atom. The van der Waals surface area contributed by atoms with Crippen LogP contribution in [0.15, 0.2) is 30.3 Å². The molecule has 110 valence electrons. The molecule has 0 saturated heterocycles. The van der Waals surface area contributed by atoms with Crippen LogP contribution in [0.2, 0.25) is 0 Å². The lowest BCUT2D eigenvalue weighted by Crippen LogP contribution is -2.36. The predicted molar refractivity (Wildman–Crippen MR) is 85.8 cm³/mol. The van der Waals surface area contributed by atoms with Gasteiger partial charge in [-0.25, -0.2) is 0 Å². The van der Waals surface area contributed by atoms with Gasteiger partial charge in [-0.15, -0.1) is 0 Å². The summed E-state index contributed by atoms with van der Waals surface area (Å²) in [6, 6.07) is 11.7. The van der Waals surface area contributed by atoms with Crippen molar-refractivity contribution in [3.8, 4) is 0 Å². The Hall–Kier alpha value is -0.820. The molecule has 0 aromatic heterocycles. The highest BCUT2D eigenvalue weighted by Crippen LogP contribution is 2.55. The first-order valence-corrected chi connectivity index (χ1v) is 8.64. The molecule has 0 spiro atoms. The van der Waals surface area contributed by atoms with E-state index in [0.29, 0.717) is 0 Å². The molecule has 3 atom stereocenters. The van der Waals surface area contributed by atoms with Gasteiger partial charge in [-0.1, -0.05) is 37.3 Å². The Labute approximate surface area is 124 Å². The van der Waals surface area contributed by atoms with Crippen molar-refractivity contribution in [2.75, 3.05) is 6.54 Å². The van der Waals surface area contributed by atoms with E-state index in [1.807, 2.05) is 0 Å². The van der Waals surface area contributed by atoms with Gasteiger partial charge in [0.15, 0.2) is 0 Å². The molecule has 3 rings (SSSR count). The summed E-state index contributed by atoms with van der Waals surface area (Å²) < 4.78 is 0. The molecule has 0 amide bonds. The molecule has 1 aromatic rings. The molecule has 2 saturated carbocycles. The number of nitrogens with one attached hydrogen (secondary N) is 1. The fourth-order valence-electron chi connectivity index (χ4n) is 4.10. The molecule has 1 N–H and O–H groups in total. The third kappa shape index (κ3) is 3.63. The molecule has 1 aromatic carbocycles. The molecular formula is C19H29N. The summed E-state index contributed by atoms with van der Waals surface area (Å²) in [7, 11) is 0. The van der Waals surface area contributed by atoms with E-state index in [-0.39, 0.29) is 0 Å². The fraction of sp³-hybridized carbons (Fsp3) is 0.684. The number of hydrogen-bond acceptors (Lipinski definition) is 1. The molecule has 2 aliphatic rings. The number of aryl methyl sites for hydroxylation is 1. The fourth-order valence-corrected chi connectivity index (χ4v) is 4.10. The Balaban J connectivity index is 1.45. The van der Waals surface area contributed by atoms with Crippen molar-refractivity contribution >= 4 is 0 Å². The maximum Gasteiger partial charge on any atom is 0.00956 e. The zero-order valence-electron chi connectivity index (χ0n) is 12.9. The Bertz CT molecular complexity index is 389. The Kier molecular flexibility index (Phi) is 4.77. The van der Waals surface area contributed by atoms with E-state index in [0.717, 1.165) is 23.8 Å². The van der Waals surface area contributed by atoms with E-state index < -0.39 is 0 Å². The minimum Gasteiger partial charge on any atom is -0.314 e. The van der Waals surface area contributed by atoms with Crippen molar-refractivity contribution in [1.29, 1.82) is 0 Å². The Morgan fingerprint density at radius 1 is 1.10 bits per heavy atom. The van der Waals surface area contributed by atoms with Crippen molar-refractivity contribution in [2.24, 2.45) is 17.8 Å². The van der Waals surface area contributed by atoms with Gasteiger partial charge >= 0.3 is 0 Å². The van der Waals surface area contributed by atoms with Crippen LogP contribution >= 0.6 is 0 Å². The molecule has 1 nitrogen and oxygen atoms in total. The first-order valence-electron chi connectivity index (χ1n) is 8.64. The second-order valence-electron chi connectivity index (χ2n) is 6.93. The van der Waals surface area contributed by atoms with Crippen molar-refractivity contribution in [1.82, 2.24) is 5.32 Å². The van der Waals surface area contributed by atoms with Crippen LogP contribution in [0, 0.1) is 17.8 Å². The summed E-state index contributed by atoms with van der Waals surface area (Å²) in [6.45, 7) is 3.47. The summed E-state index contributed by atoms with van der Waals surface area (Å²) in [5, 5.41) is 3.84. The van der Waals surface area contributed by atoms with E-state index in [2.05, 4.69) is 42.6 Å². The van der Waals surface area contributed by atoms with Gasteiger partial charge in [-0.3, -0.25) is 0 Å². The van der Waals surface area contributed by atoms with Crippen LogP contribution in [0.3, 0.4) is 0 Å². The SMILES string of the molecule is CCCNC(CCCc1ccccc1)C1CC2CC2C1. The standard InChI is InChI=1S/C19H29N/c1-2-11-20-19(18-13-16-12-17(16)14-18)10-6-9-15-7-4-3-5-8-15/h3-5,7-8,16-20H,2,6,9-14H2,1H3. The van der Waals surface area contributed by atoms with Crippen LogP contribution in [0.1, 0.15) is 51.0 Å². The zero-order valence-corrected chi connectivity index (χ0v) is 12.9. The first-order chi connectivity index (χ1) is 9.86. The second-order valence-corrected chi connectivity index (χ2v) is 6.93. The lowest BCUT2D eigenvalue weighted by Gasteiger charge is -2.26. The zero-order chi connectivity index (χ0) is 13.8. The number of benzene rings is 1. The van der Waals surface area contributed by atoms with E-state index >= 15 is 0 Å². The van der Waals surface area contributed by atoms with Gasteiger partial charge in [0.1, 0.15) is 0 Å². The van der Waals surface area contributed by atoms with Crippen LogP contribution in [0.4, 0.5) is 0 Å². The van der Waals surface area contributed by atoms with Crippen LogP contribution in [-0.2, 0) is 6.42 Å². The molecule has 1 heteroatoms. The highest BCUT2D eigenvalue weighted by Gasteiger charge is 2.47. The highest BCUT2D eigenvalue weighted by molar-refractivity contribution is 5.14. The molecule has 0 heterocycles. The van der Waals surface area contributed by atoms with Crippen LogP contribution in [0.5, 0.6) is 0 Å². The average molecular weight is 271 g/mol. The minimum absolute atomic E-state index is 0.784. The van der Waals surface area contributed by atoms with Crippen molar-refractivity contribution in [2.45, 2.75) is 57.9 Å². The maximum atomic E-state index is 3.84. The van der Waals surface area contributed by atoms with Gasteiger partial charge in [0.25, 0.3) is 0 Å². The van der Waals surface area contributed by atoms with E-state index in [1.165, 1.54) is 50.6 Å². The molecule has 3 unspecified atom stereocenters.